The Hall–Kier alpha value is -1.59. The molecule has 0 radical (unpaired) electrons. The molecule has 0 spiro atoms. The lowest BCUT2D eigenvalue weighted by molar-refractivity contribution is -0.161. The van der Waals surface area contributed by atoms with Gasteiger partial charge in [0.15, 0.2) is 0 Å². The molecule has 0 N–H and O–H groups in total. The zero-order valence-corrected chi connectivity index (χ0v) is 14.1. The highest BCUT2D eigenvalue weighted by molar-refractivity contribution is 5.70. The summed E-state index contributed by atoms with van der Waals surface area (Å²) in [4.78, 5) is 34.1. The van der Waals surface area contributed by atoms with Crippen LogP contribution in [0.15, 0.2) is 0 Å². The van der Waals surface area contributed by atoms with Crippen LogP contribution in [0.3, 0.4) is 0 Å². The smallest absolute Gasteiger partial charge is 0.305 e. The van der Waals surface area contributed by atoms with E-state index in [0.29, 0.717) is 32.1 Å². The molecule has 0 aliphatic carbocycles. The number of rotatable bonds is 11. The van der Waals surface area contributed by atoms with Crippen molar-refractivity contribution in [2.24, 2.45) is 5.41 Å². The highest BCUT2D eigenvalue weighted by Gasteiger charge is 2.33. The van der Waals surface area contributed by atoms with Crippen molar-refractivity contribution < 1.29 is 28.6 Å². The lowest BCUT2D eigenvalue weighted by Crippen LogP contribution is -2.38. The van der Waals surface area contributed by atoms with Gasteiger partial charge in [-0.3, -0.25) is 14.4 Å². The molecule has 0 aliphatic heterocycles. The van der Waals surface area contributed by atoms with Crippen LogP contribution in [0, 0.1) is 5.41 Å². The lowest BCUT2D eigenvalue weighted by Gasteiger charge is -2.30. The van der Waals surface area contributed by atoms with Gasteiger partial charge < -0.3 is 14.2 Å². The second kappa shape index (κ2) is 11.0. The quantitative estimate of drug-likeness (QED) is 0.431. The molecule has 0 amide bonds. The van der Waals surface area contributed by atoms with Crippen LogP contribution in [-0.2, 0) is 28.6 Å². The van der Waals surface area contributed by atoms with E-state index in [0.717, 1.165) is 0 Å². The van der Waals surface area contributed by atoms with Gasteiger partial charge in [-0.15, -0.1) is 0 Å². The highest BCUT2D eigenvalue weighted by atomic mass is 16.6. The zero-order chi connectivity index (χ0) is 17.0. The molecule has 0 aromatic carbocycles. The molecule has 0 heterocycles. The minimum atomic E-state index is -0.696. The van der Waals surface area contributed by atoms with Crippen LogP contribution in [0.1, 0.15) is 59.8 Å². The molecular weight excluding hydrogens is 288 g/mol. The maximum Gasteiger partial charge on any atom is 0.305 e. The van der Waals surface area contributed by atoms with Crippen LogP contribution in [0.5, 0.6) is 0 Å². The van der Waals surface area contributed by atoms with Crippen molar-refractivity contribution in [3.05, 3.63) is 0 Å². The van der Waals surface area contributed by atoms with E-state index in [1.54, 1.807) is 0 Å². The summed E-state index contributed by atoms with van der Waals surface area (Å²) in [7, 11) is 0. The first-order valence-corrected chi connectivity index (χ1v) is 7.83. The highest BCUT2D eigenvalue weighted by Crippen LogP contribution is 2.25. The van der Waals surface area contributed by atoms with E-state index in [9.17, 15) is 14.4 Å². The molecular formula is C16H28O6. The third-order valence-electron chi connectivity index (χ3n) is 3.32. The van der Waals surface area contributed by atoms with Crippen LogP contribution in [0.4, 0.5) is 0 Å². The number of ether oxygens (including phenoxy) is 3. The molecule has 0 aromatic rings. The molecule has 0 aliphatic rings. The van der Waals surface area contributed by atoms with E-state index in [2.05, 4.69) is 0 Å². The Morgan fingerprint density at radius 2 is 1.18 bits per heavy atom. The largest absolute Gasteiger partial charge is 0.465 e. The molecule has 6 nitrogen and oxygen atoms in total. The normalized spacial score (nSPS) is 10.9. The second-order valence-corrected chi connectivity index (χ2v) is 5.46. The lowest BCUT2D eigenvalue weighted by atomic mass is 9.88. The number of hydrogen-bond acceptors (Lipinski definition) is 6. The van der Waals surface area contributed by atoms with E-state index in [4.69, 9.17) is 14.2 Å². The van der Waals surface area contributed by atoms with Crippen LogP contribution in [-0.4, -0.2) is 37.7 Å². The Kier molecular flexibility index (Phi) is 10.2. The number of hydrogen-bond donors (Lipinski definition) is 0. The van der Waals surface area contributed by atoms with Gasteiger partial charge >= 0.3 is 17.9 Å². The van der Waals surface area contributed by atoms with Gasteiger partial charge in [-0.05, 0) is 19.3 Å². The Labute approximate surface area is 132 Å². The third kappa shape index (κ3) is 8.64. The van der Waals surface area contributed by atoms with Gasteiger partial charge in [-0.2, -0.15) is 0 Å². The van der Waals surface area contributed by atoms with Crippen molar-refractivity contribution in [3.63, 3.8) is 0 Å². The first-order chi connectivity index (χ1) is 10.4. The molecule has 0 fully saturated rings. The van der Waals surface area contributed by atoms with Gasteiger partial charge in [0, 0.05) is 19.8 Å². The van der Waals surface area contributed by atoms with Crippen molar-refractivity contribution in [1.82, 2.24) is 0 Å². The van der Waals surface area contributed by atoms with E-state index >= 15 is 0 Å². The maximum absolute atomic E-state index is 11.5. The first-order valence-electron chi connectivity index (χ1n) is 7.83. The molecule has 0 aromatic heterocycles. The van der Waals surface area contributed by atoms with Gasteiger partial charge in [0.25, 0.3) is 0 Å². The predicted molar refractivity (Wildman–Crippen MR) is 81.1 cm³/mol. The van der Waals surface area contributed by atoms with Crippen LogP contribution < -0.4 is 0 Å². The van der Waals surface area contributed by atoms with Crippen molar-refractivity contribution in [2.75, 3.05) is 19.8 Å². The summed E-state index contributed by atoms with van der Waals surface area (Å²) in [6.07, 6.45) is 2.63. The minimum Gasteiger partial charge on any atom is -0.465 e. The molecule has 0 atom stereocenters. The average molecular weight is 316 g/mol. The fourth-order valence-electron chi connectivity index (χ4n) is 1.71. The van der Waals surface area contributed by atoms with E-state index < -0.39 is 11.4 Å². The molecule has 0 bridgehead atoms. The Morgan fingerprint density at radius 3 is 1.50 bits per heavy atom. The molecule has 22 heavy (non-hydrogen) atoms. The summed E-state index contributed by atoms with van der Waals surface area (Å²) in [5, 5.41) is 0. The summed E-state index contributed by atoms with van der Waals surface area (Å²) in [5.41, 5.74) is -0.696. The molecule has 0 saturated carbocycles. The first kappa shape index (κ1) is 20.4. The summed E-state index contributed by atoms with van der Waals surface area (Å²) in [6, 6.07) is 0. The van der Waals surface area contributed by atoms with Crippen molar-refractivity contribution in [2.45, 2.75) is 59.8 Å². The summed E-state index contributed by atoms with van der Waals surface area (Å²) in [6.45, 7) is 7.15. The Morgan fingerprint density at radius 1 is 0.773 bits per heavy atom. The number of esters is 3. The fraction of sp³-hybridized carbons (Fsp3) is 0.812. The molecule has 128 valence electrons. The summed E-state index contributed by atoms with van der Waals surface area (Å²) in [5.74, 6) is -1.02. The standard InChI is InChI=1S/C16H28O6/c1-5-8-14(18)21-11-16(7-3,10-20-13(4)17)12-22-15(19)9-6-2/h5-12H2,1-4H3. The Balaban J connectivity index is 4.72. The zero-order valence-electron chi connectivity index (χ0n) is 14.1. The number of carbonyl (C=O) groups excluding carboxylic acids is 3. The fourth-order valence-corrected chi connectivity index (χ4v) is 1.71. The van der Waals surface area contributed by atoms with Gasteiger partial charge in [0.2, 0.25) is 0 Å². The van der Waals surface area contributed by atoms with E-state index in [-0.39, 0.29) is 31.8 Å². The molecule has 0 saturated heterocycles. The van der Waals surface area contributed by atoms with Crippen molar-refractivity contribution >= 4 is 17.9 Å². The average Bonchev–Trinajstić information content (AvgIpc) is 2.47. The minimum absolute atomic E-state index is 0.0532. The topological polar surface area (TPSA) is 78.9 Å². The third-order valence-corrected chi connectivity index (χ3v) is 3.32. The SMILES string of the molecule is CCCC(=O)OCC(CC)(COC(C)=O)COC(=O)CCC. The summed E-state index contributed by atoms with van der Waals surface area (Å²) >= 11 is 0. The van der Waals surface area contributed by atoms with Gasteiger partial charge in [0.05, 0.1) is 5.41 Å². The van der Waals surface area contributed by atoms with Crippen molar-refractivity contribution in [1.29, 1.82) is 0 Å². The molecule has 0 unspecified atom stereocenters. The number of carbonyl (C=O) groups is 3. The van der Waals surface area contributed by atoms with Crippen LogP contribution in [0.2, 0.25) is 0 Å². The van der Waals surface area contributed by atoms with Gasteiger partial charge in [-0.25, -0.2) is 0 Å². The maximum atomic E-state index is 11.5. The molecule has 0 rings (SSSR count). The van der Waals surface area contributed by atoms with Crippen molar-refractivity contribution in [3.8, 4) is 0 Å². The summed E-state index contributed by atoms with van der Waals surface area (Å²) < 4.78 is 15.5. The van der Waals surface area contributed by atoms with E-state index in [1.165, 1.54) is 6.92 Å². The Bertz CT molecular complexity index is 342. The predicted octanol–water partition coefficient (Wildman–Crippen LogP) is 2.63. The van der Waals surface area contributed by atoms with Gasteiger partial charge in [-0.1, -0.05) is 20.8 Å². The van der Waals surface area contributed by atoms with Gasteiger partial charge in [0.1, 0.15) is 19.8 Å². The van der Waals surface area contributed by atoms with Crippen LogP contribution >= 0.6 is 0 Å². The molecule has 6 heteroatoms. The van der Waals surface area contributed by atoms with Crippen LogP contribution in [0.25, 0.3) is 0 Å². The monoisotopic (exact) mass is 316 g/mol. The van der Waals surface area contributed by atoms with E-state index in [1.807, 2.05) is 20.8 Å². The second-order valence-electron chi connectivity index (χ2n) is 5.46.